The molecule has 1 aliphatic heterocycles. The number of hydrogen-bond donors (Lipinski definition) is 0. The third-order valence-electron chi connectivity index (χ3n) is 2.34. The molecule has 1 unspecified atom stereocenters. The molecule has 74 valence electrons. The first-order valence-electron chi connectivity index (χ1n) is 4.67. The van der Waals surface area contributed by atoms with E-state index in [2.05, 4.69) is 15.9 Å². The summed E-state index contributed by atoms with van der Waals surface area (Å²) in [5.41, 5.74) is 1.91. The molecule has 0 N–H and O–H groups in total. The summed E-state index contributed by atoms with van der Waals surface area (Å²) < 4.78 is 5.48. The van der Waals surface area contributed by atoms with Crippen LogP contribution < -0.4 is 4.74 Å². The number of fused-ring (bicyclic) bond motifs is 1. The van der Waals surface area contributed by atoms with Crippen molar-refractivity contribution in [2.75, 3.05) is 0 Å². The SMILES string of the molecule is CCC(=O)c1ccc2c(c1)CC(Br)O2. The van der Waals surface area contributed by atoms with Crippen molar-refractivity contribution < 1.29 is 9.53 Å². The molecule has 1 heterocycles. The van der Waals surface area contributed by atoms with Crippen LogP contribution in [0.3, 0.4) is 0 Å². The van der Waals surface area contributed by atoms with E-state index >= 15 is 0 Å². The van der Waals surface area contributed by atoms with Crippen molar-refractivity contribution in [1.82, 2.24) is 0 Å². The number of carbonyl (C=O) groups excluding carboxylic acids is 1. The van der Waals surface area contributed by atoms with Gasteiger partial charge in [-0.1, -0.05) is 6.92 Å². The van der Waals surface area contributed by atoms with Gasteiger partial charge in [-0.15, -0.1) is 0 Å². The zero-order valence-electron chi connectivity index (χ0n) is 7.92. The third kappa shape index (κ3) is 1.69. The van der Waals surface area contributed by atoms with Gasteiger partial charge in [0.1, 0.15) is 5.75 Å². The molecule has 1 aromatic rings. The summed E-state index contributed by atoms with van der Waals surface area (Å²) in [7, 11) is 0. The van der Waals surface area contributed by atoms with Crippen molar-refractivity contribution in [3.8, 4) is 5.75 Å². The van der Waals surface area contributed by atoms with E-state index in [-0.39, 0.29) is 10.8 Å². The van der Waals surface area contributed by atoms with Gasteiger partial charge >= 0.3 is 0 Å². The highest BCUT2D eigenvalue weighted by Gasteiger charge is 2.20. The quantitative estimate of drug-likeness (QED) is 0.600. The number of carbonyl (C=O) groups is 1. The van der Waals surface area contributed by atoms with Crippen molar-refractivity contribution in [3.05, 3.63) is 29.3 Å². The number of ketones is 1. The molecular formula is C11H11BrO2. The zero-order chi connectivity index (χ0) is 10.1. The second kappa shape index (κ2) is 3.73. The van der Waals surface area contributed by atoms with Gasteiger partial charge in [-0.05, 0) is 39.7 Å². The zero-order valence-corrected chi connectivity index (χ0v) is 9.50. The first-order valence-corrected chi connectivity index (χ1v) is 5.59. The number of ether oxygens (including phenoxy) is 1. The Bertz CT molecular complexity index is 374. The lowest BCUT2D eigenvalue weighted by Gasteiger charge is -2.01. The van der Waals surface area contributed by atoms with E-state index in [1.807, 2.05) is 25.1 Å². The molecule has 1 aromatic carbocycles. The normalized spacial score (nSPS) is 18.9. The van der Waals surface area contributed by atoms with Gasteiger partial charge in [0.05, 0.1) is 0 Å². The molecule has 3 heteroatoms. The predicted octanol–water partition coefficient (Wildman–Crippen LogP) is 2.94. The van der Waals surface area contributed by atoms with Crippen molar-refractivity contribution in [2.45, 2.75) is 24.8 Å². The maximum Gasteiger partial charge on any atom is 0.162 e. The highest BCUT2D eigenvalue weighted by Crippen LogP contribution is 2.31. The molecule has 0 radical (unpaired) electrons. The van der Waals surface area contributed by atoms with E-state index in [0.29, 0.717) is 6.42 Å². The summed E-state index contributed by atoms with van der Waals surface area (Å²) in [5.74, 6) is 1.07. The minimum absolute atomic E-state index is 0.0597. The first kappa shape index (κ1) is 9.71. The molecule has 0 aromatic heterocycles. The fourth-order valence-electron chi connectivity index (χ4n) is 1.58. The topological polar surface area (TPSA) is 26.3 Å². The van der Waals surface area contributed by atoms with Gasteiger partial charge in [0.25, 0.3) is 0 Å². The number of alkyl halides is 1. The van der Waals surface area contributed by atoms with Crippen molar-refractivity contribution in [1.29, 1.82) is 0 Å². The molecule has 14 heavy (non-hydrogen) atoms. The smallest absolute Gasteiger partial charge is 0.162 e. The van der Waals surface area contributed by atoms with Gasteiger partial charge in [0, 0.05) is 18.4 Å². The minimum Gasteiger partial charge on any atom is -0.479 e. The van der Waals surface area contributed by atoms with Crippen LogP contribution >= 0.6 is 15.9 Å². The lowest BCUT2D eigenvalue weighted by Crippen LogP contribution is -2.00. The van der Waals surface area contributed by atoms with Crippen LogP contribution in [0.2, 0.25) is 0 Å². The largest absolute Gasteiger partial charge is 0.479 e. The Morgan fingerprint density at radius 1 is 1.64 bits per heavy atom. The van der Waals surface area contributed by atoms with E-state index in [4.69, 9.17) is 4.74 Å². The molecule has 2 nitrogen and oxygen atoms in total. The summed E-state index contributed by atoms with van der Waals surface area (Å²) in [5, 5.41) is 0.0597. The second-order valence-electron chi connectivity index (χ2n) is 3.33. The van der Waals surface area contributed by atoms with Crippen LogP contribution in [0.4, 0.5) is 0 Å². The Hall–Kier alpha value is -0.830. The first-order chi connectivity index (χ1) is 6.70. The van der Waals surface area contributed by atoms with Gasteiger partial charge in [-0.3, -0.25) is 4.79 Å². The van der Waals surface area contributed by atoms with Crippen LogP contribution in [0, 0.1) is 0 Å². The average molecular weight is 255 g/mol. The summed E-state index contributed by atoms with van der Waals surface area (Å²) in [6.07, 6.45) is 1.39. The fourth-order valence-corrected chi connectivity index (χ4v) is 2.13. The van der Waals surface area contributed by atoms with Gasteiger partial charge in [-0.25, -0.2) is 0 Å². The molecule has 0 saturated heterocycles. The number of rotatable bonds is 2. The second-order valence-corrected chi connectivity index (χ2v) is 4.35. The van der Waals surface area contributed by atoms with Gasteiger partial charge in [-0.2, -0.15) is 0 Å². The molecule has 0 aliphatic carbocycles. The van der Waals surface area contributed by atoms with E-state index < -0.39 is 0 Å². The van der Waals surface area contributed by atoms with Crippen molar-refractivity contribution in [3.63, 3.8) is 0 Å². The third-order valence-corrected chi connectivity index (χ3v) is 2.85. The van der Waals surface area contributed by atoms with E-state index in [1.165, 1.54) is 0 Å². The molecule has 0 spiro atoms. The molecule has 2 rings (SSSR count). The maximum absolute atomic E-state index is 11.4. The molecule has 0 fully saturated rings. The maximum atomic E-state index is 11.4. The van der Waals surface area contributed by atoms with Crippen LogP contribution in [0.15, 0.2) is 18.2 Å². The van der Waals surface area contributed by atoms with Crippen molar-refractivity contribution >= 4 is 21.7 Å². The Morgan fingerprint density at radius 2 is 2.43 bits per heavy atom. The van der Waals surface area contributed by atoms with Gasteiger partial charge in [0.15, 0.2) is 10.8 Å². The number of benzene rings is 1. The van der Waals surface area contributed by atoms with Gasteiger partial charge in [0.2, 0.25) is 0 Å². The lowest BCUT2D eigenvalue weighted by molar-refractivity contribution is 0.0988. The van der Waals surface area contributed by atoms with Crippen LogP contribution in [0.25, 0.3) is 0 Å². The molecule has 1 atom stereocenters. The van der Waals surface area contributed by atoms with Crippen LogP contribution in [-0.2, 0) is 6.42 Å². The summed E-state index contributed by atoms with van der Waals surface area (Å²) in [4.78, 5) is 11.4. The predicted molar refractivity (Wildman–Crippen MR) is 58.1 cm³/mol. The monoisotopic (exact) mass is 254 g/mol. The van der Waals surface area contributed by atoms with Gasteiger partial charge < -0.3 is 4.74 Å². The summed E-state index contributed by atoms with van der Waals surface area (Å²) in [6.45, 7) is 1.87. The fraction of sp³-hybridized carbons (Fsp3) is 0.364. The standard InChI is InChI=1S/C11H11BrO2/c1-2-9(13)7-3-4-10-8(5-7)6-11(12)14-10/h3-5,11H,2,6H2,1H3. The molecular weight excluding hydrogens is 244 g/mol. The minimum atomic E-state index is 0.0597. The van der Waals surface area contributed by atoms with E-state index in [0.717, 1.165) is 23.3 Å². The van der Waals surface area contributed by atoms with Crippen LogP contribution in [-0.4, -0.2) is 10.8 Å². The number of Topliss-reactive ketones (excluding diaryl/α,β-unsaturated/α-hetero) is 1. The lowest BCUT2D eigenvalue weighted by atomic mass is 10.0. The summed E-state index contributed by atoms with van der Waals surface area (Å²) in [6, 6.07) is 5.64. The number of halogens is 1. The highest BCUT2D eigenvalue weighted by atomic mass is 79.9. The number of hydrogen-bond acceptors (Lipinski definition) is 2. The van der Waals surface area contributed by atoms with Crippen molar-refractivity contribution in [2.24, 2.45) is 0 Å². The Balaban J connectivity index is 2.33. The Morgan fingerprint density at radius 3 is 3.14 bits per heavy atom. The molecule has 0 amide bonds. The molecule has 0 bridgehead atoms. The molecule has 1 aliphatic rings. The summed E-state index contributed by atoms with van der Waals surface area (Å²) >= 11 is 3.39. The highest BCUT2D eigenvalue weighted by molar-refractivity contribution is 9.09. The Kier molecular flexibility index (Phi) is 2.59. The van der Waals surface area contributed by atoms with E-state index in [9.17, 15) is 4.79 Å². The van der Waals surface area contributed by atoms with Crippen LogP contribution in [0.5, 0.6) is 5.75 Å². The van der Waals surface area contributed by atoms with Crippen LogP contribution in [0.1, 0.15) is 29.3 Å². The van der Waals surface area contributed by atoms with E-state index in [1.54, 1.807) is 0 Å². The molecule has 0 saturated carbocycles. The average Bonchev–Trinajstić information content (AvgIpc) is 2.55. The Labute approximate surface area is 91.4 Å².